The van der Waals surface area contributed by atoms with Gasteiger partial charge in [0.1, 0.15) is 0 Å². The summed E-state index contributed by atoms with van der Waals surface area (Å²) in [6.45, 7) is 1.88. The Kier molecular flexibility index (Phi) is 2.65. The first kappa shape index (κ1) is 11.4. The number of aromatic nitrogens is 3. The van der Waals surface area contributed by atoms with Crippen molar-refractivity contribution >= 4 is 33.7 Å². The van der Waals surface area contributed by atoms with Gasteiger partial charge in [-0.25, -0.2) is 4.98 Å². The summed E-state index contributed by atoms with van der Waals surface area (Å²) in [5, 5.41) is 8.50. The van der Waals surface area contributed by atoms with Crippen LogP contribution in [0.25, 0.3) is 15.9 Å². The summed E-state index contributed by atoms with van der Waals surface area (Å²) in [5.74, 6) is 0. The Morgan fingerprint density at radius 2 is 2.22 bits per heavy atom. The lowest BCUT2D eigenvalue weighted by Gasteiger charge is -2.02. The van der Waals surface area contributed by atoms with Crippen molar-refractivity contribution in [3.05, 3.63) is 50.8 Å². The van der Waals surface area contributed by atoms with Crippen molar-refractivity contribution in [2.24, 2.45) is 0 Å². The highest BCUT2D eigenvalue weighted by Gasteiger charge is 2.08. The van der Waals surface area contributed by atoms with E-state index in [4.69, 9.17) is 11.6 Å². The molecule has 0 aliphatic carbocycles. The van der Waals surface area contributed by atoms with Crippen molar-refractivity contribution in [2.75, 3.05) is 0 Å². The number of benzene rings is 1. The molecule has 0 unspecified atom stereocenters. The first-order valence-corrected chi connectivity index (χ1v) is 6.51. The highest BCUT2D eigenvalue weighted by Crippen LogP contribution is 2.17. The maximum absolute atomic E-state index is 12.3. The van der Waals surface area contributed by atoms with Crippen LogP contribution in [-0.4, -0.2) is 14.8 Å². The molecule has 0 atom stereocenters. The maximum atomic E-state index is 12.3. The molecule has 2 aromatic heterocycles. The largest absolute Gasteiger partial charge is 0.281 e. The molecular weight excluding hydrogens is 270 g/mol. The zero-order valence-corrected chi connectivity index (χ0v) is 11.0. The van der Waals surface area contributed by atoms with Gasteiger partial charge in [-0.15, -0.1) is 11.3 Å². The third-order valence-electron chi connectivity index (χ3n) is 2.54. The Bertz CT molecular complexity index is 793. The summed E-state index contributed by atoms with van der Waals surface area (Å²) in [6.07, 6.45) is 1.62. The second-order valence-electron chi connectivity index (χ2n) is 3.86. The minimum atomic E-state index is -0.182. The number of nitrogens with zero attached hydrogens (tertiary/aromatic N) is 3. The van der Waals surface area contributed by atoms with Crippen LogP contribution in [0, 0.1) is 6.92 Å². The van der Waals surface area contributed by atoms with Crippen molar-refractivity contribution in [1.29, 1.82) is 0 Å². The van der Waals surface area contributed by atoms with Gasteiger partial charge in [0.25, 0.3) is 5.56 Å². The first-order chi connectivity index (χ1) is 8.65. The summed E-state index contributed by atoms with van der Waals surface area (Å²) < 4.78 is 1.31. The lowest BCUT2D eigenvalue weighted by molar-refractivity contribution is 0.810. The van der Waals surface area contributed by atoms with Gasteiger partial charge in [-0.1, -0.05) is 11.6 Å². The van der Waals surface area contributed by atoms with E-state index >= 15 is 0 Å². The molecule has 0 bridgehead atoms. The van der Waals surface area contributed by atoms with Crippen LogP contribution in [-0.2, 0) is 0 Å². The quantitative estimate of drug-likeness (QED) is 0.687. The molecule has 18 heavy (non-hydrogen) atoms. The number of aryl methyl sites for hydroxylation is 1. The predicted octanol–water partition coefficient (Wildman–Crippen LogP) is 2.80. The fourth-order valence-corrected chi connectivity index (χ4v) is 2.63. The second kappa shape index (κ2) is 4.19. The van der Waals surface area contributed by atoms with Crippen molar-refractivity contribution in [1.82, 2.24) is 14.8 Å². The predicted molar refractivity (Wildman–Crippen MR) is 72.8 cm³/mol. The molecule has 0 aliphatic heterocycles. The van der Waals surface area contributed by atoms with Crippen molar-refractivity contribution in [3.63, 3.8) is 0 Å². The molecule has 3 aromatic rings. The molecular formula is C12H8ClN3OS. The van der Waals surface area contributed by atoms with Crippen LogP contribution in [0.5, 0.6) is 0 Å². The van der Waals surface area contributed by atoms with Gasteiger partial charge in [0.15, 0.2) is 0 Å². The van der Waals surface area contributed by atoms with Crippen molar-refractivity contribution in [3.8, 4) is 5.13 Å². The number of rotatable bonds is 1. The molecule has 0 amide bonds. The number of hydrogen-bond acceptors (Lipinski definition) is 4. The number of halogens is 1. The van der Waals surface area contributed by atoms with E-state index in [0.717, 1.165) is 11.1 Å². The minimum Gasteiger partial charge on any atom is -0.267 e. The first-order valence-electron chi connectivity index (χ1n) is 5.25. The van der Waals surface area contributed by atoms with Crippen LogP contribution >= 0.6 is 22.9 Å². The fourth-order valence-electron chi connectivity index (χ4n) is 1.70. The summed E-state index contributed by atoms with van der Waals surface area (Å²) >= 11 is 7.28. The minimum absolute atomic E-state index is 0.182. The molecule has 0 aliphatic rings. The van der Waals surface area contributed by atoms with Gasteiger partial charge in [-0.2, -0.15) is 9.78 Å². The molecule has 0 N–H and O–H groups in total. The normalized spacial score (nSPS) is 11.0. The van der Waals surface area contributed by atoms with Crippen LogP contribution in [0.15, 0.2) is 34.6 Å². The third kappa shape index (κ3) is 1.81. The number of fused-ring (bicyclic) bond motifs is 1. The zero-order valence-electron chi connectivity index (χ0n) is 9.42. The van der Waals surface area contributed by atoms with Gasteiger partial charge in [-0.3, -0.25) is 4.79 Å². The SMILES string of the molecule is Cc1csc(-n2ncc3cc(Cl)ccc3c2=O)n1. The third-order valence-corrected chi connectivity index (χ3v) is 3.71. The van der Waals surface area contributed by atoms with Crippen LogP contribution in [0.4, 0.5) is 0 Å². The number of thiazole rings is 1. The summed E-state index contributed by atoms with van der Waals surface area (Å²) in [7, 11) is 0. The molecule has 0 radical (unpaired) electrons. The molecule has 4 nitrogen and oxygen atoms in total. The van der Waals surface area contributed by atoms with Crippen LogP contribution in [0.3, 0.4) is 0 Å². The maximum Gasteiger partial charge on any atom is 0.281 e. The second-order valence-corrected chi connectivity index (χ2v) is 5.14. The molecule has 0 fully saturated rings. The van der Waals surface area contributed by atoms with E-state index in [0.29, 0.717) is 15.5 Å². The van der Waals surface area contributed by atoms with Gasteiger partial charge in [0, 0.05) is 15.8 Å². The summed E-state index contributed by atoms with van der Waals surface area (Å²) in [5.41, 5.74) is 0.693. The Balaban J connectivity index is 2.30. The van der Waals surface area contributed by atoms with E-state index in [1.54, 1.807) is 24.4 Å². The summed E-state index contributed by atoms with van der Waals surface area (Å²) in [4.78, 5) is 16.5. The van der Waals surface area contributed by atoms with E-state index in [2.05, 4.69) is 10.1 Å². The topological polar surface area (TPSA) is 47.8 Å². The zero-order chi connectivity index (χ0) is 12.7. The average Bonchev–Trinajstić information content (AvgIpc) is 2.76. The molecule has 0 spiro atoms. The highest BCUT2D eigenvalue weighted by molar-refractivity contribution is 7.12. The van der Waals surface area contributed by atoms with Gasteiger partial charge < -0.3 is 0 Å². The summed E-state index contributed by atoms with van der Waals surface area (Å²) in [6, 6.07) is 5.13. The monoisotopic (exact) mass is 277 g/mol. The van der Waals surface area contributed by atoms with Gasteiger partial charge in [0.05, 0.1) is 17.3 Å². The van der Waals surface area contributed by atoms with Gasteiger partial charge in [0.2, 0.25) is 5.13 Å². The van der Waals surface area contributed by atoms with E-state index in [9.17, 15) is 4.79 Å². The van der Waals surface area contributed by atoms with Crippen LogP contribution in [0.1, 0.15) is 5.69 Å². The van der Waals surface area contributed by atoms with Crippen molar-refractivity contribution < 1.29 is 0 Å². The van der Waals surface area contributed by atoms with Crippen molar-refractivity contribution in [2.45, 2.75) is 6.92 Å². The fraction of sp³-hybridized carbons (Fsp3) is 0.0833. The molecule has 0 saturated carbocycles. The average molecular weight is 278 g/mol. The highest BCUT2D eigenvalue weighted by atomic mass is 35.5. The van der Waals surface area contributed by atoms with Gasteiger partial charge >= 0.3 is 0 Å². The van der Waals surface area contributed by atoms with Gasteiger partial charge in [-0.05, 0) is 25.1 Å². The van der Waals surface area contributed by atoms with E-state index in [1.165, 1.54) is 16.0 Å². The van der Waals surface area contributed by atoms with Crippen LogP contribution in [0.2, 0.25) is 5.02 Å². The Morgan fingerprint density at radius 1 is 1.39 bits per heavy atom. The Labute approximate surface area is 111 Å². The Morgan fingerprint density at radius 3 is 2.94 bits per heavy atom. The van der Waals surface area contributed by atoms with E-state index in [1.807, 2.05) is 12.3 Å². The number of hydrogen-bond donors (Lipinski definition) is 0. The van der Waals surface area contributed by atoms with Crippen LogP contribution < -0.4 is 5.56 Å². The smallest absolute Gasteiger partial charge is 0.267 e. The molecule has 90 valence electrons. The lowest BCUT2D eigenvalue weighted by atomic mass is 10.2. The molecule has 6 heteroatoms. The van der Waals surface area contributed by atoms with E-state index in [-0.39, 0.29) is 5.56 Å². The Hall–Kier alpha value is -1.72. The van der Waals surface area contributed by atoms with E-state index < -0.39 is 0 Å². The molecule has 1 aromatic carbocycles. The molecule has 2 heterocycles. The standard InChI is InChI=1S/C12H8ClN3OS/c1-7-6-18-12(15-7)16-11(17)10-3-2-9(13)4-8(10)5-14-16/h2-6H,1H3. The molecule has 0 saturated heterocycles. The molecule has 3 rings (SSSR count). The lowest BCUT2D eigenvalue weighted by Crippen LogP contribution is -2.20.